The number of rotatable bonds is 3. The van der Waals surface area contributed by atoms with Crippen LogP contribution in [0.25, 0.3) is 0 Å². The van der Waals surface area contributed by atoms with Gasteiger partial charge in [0.25, 0.3) is 0 Å². The highest BCUT2D eigenvalue weighted by molar-refractivity contribution is 5.93. The van der Waals surface area contributed by atoms with Crippen LogP contribution in [0.3, 0.4) is 0 Å². The summed E-state index contributed by atoms with van der Waals surface area (Å²) < 4.78 is 5.37. The smallest absolute Gasteiger partial charge is 0.410 e. The van der Waals surface area contributed by atoms with Crippen molar-refractivity contribution >= 4 is 17.7 Å². The van der Waals surface area contributed by atoms with Crippen molar-refractivity contribution in [2.24, 2.45) is 5.73 Å². The molecular weight excluding hydrogens is 282 g/mol. The number of hydrogen-bond acceptors (Lipinski definition) is 4. The highest BCUT2D eigenvalue weighted by Crippen LogP contribution is 2.19. The number of nitrogens with zero attached hydrogens (tertiary/aromatic N) is 1. The first-order chi connectivity index (χ1) is 10.2. The van der Waals surface area contributed by atoms with E-state index in [-0.39, 0.29) is 12.1 Å². The fourth-order valence-corrected chi connectivity index (χ4v) is 2.34. The Balaban J connectivity index is 1.88. The lowest BCUT2D eigenvalue weighted by molar-refractivity contribution is 0.0293. The zero-order chi connectivity index (χ0) is 16.3. The van der Waals surface area contributed by atoms with Crippen LogP contribution in [-0.2, 0) is 4.74 Å². The van der Waals surface area contributed by atoms with Crippen LogP contribution in [0.5, 0.6) is 0 Å². The number of nitrogens with two attached hydrogens (primary N) is 1. The Hall–Kier alpha value is -2.24. The number of likely N-dealkylation sites (tertiary alicyclic amines) is 1. The van der Waals surface area contributed by atoms with Gasteiger partial charge in [-0.15, -0.1) is 0 Å². The van der Waals surface area contributed by atoms with Gasteiger partial charge in [-0.2, -0.15) is 0 Å². The monoisotopic (exact) mass is 305 g/mol. The number of nitrogens with one attached hydrogen (secondary N) is 1. The van der Waals surface area contributed by atoms with Crippen molar-refractivity contribution in [1.29, 1.82) is 0 Å². The number of carbonyl (C=O) groups excluding carboxylic acids is 2. The van der Waals surface area contributed by atoms with Crippen molar-refractivity contribution in [2.75, 3.05) is 18.4 Å². The molecule has 0 spiro atoms. The topological polar surface area (TPSA) is 84.7 Å². The fraction of sp³-hybridized carbons (Fsp3) is 0.500. The molecule has 1 fully saturated rings. The minimum atomic E-state index is -0.479. The lowest BCUT2D eigenvalue weighted by atomic mass is 10.2. The first kappa shape index (κ1) is 16.1. The number of anilines is 1. The lowest BCUT2D eigenvalue weighted by Gasteiger charge is -2.24. The first-order valence-corrected chi connectivity index (χ1v) is 7.39. The average molecular weight is 305 g/mol. The Morgan fingerprint density at radius 3 is 2.45 bits per heavy atom. The molecule has 1 atom stereocenters. The summed E-state index contributed by atoms with van der Waals surface area (Å²) in [5.41, 5.74) is 6.12. The maximum absolute atomic E-state index is 12.0. The third-order valence-corrected chi connectivity index (χ3v) is 3.38. The molecule has 2 rings (SSSR count). The van der Waals surface area contributed by atoms with Crippen LogP contribution in [0.1, 0.15) is 37.6 Å². The first-order valence-electron chi connectivity index (χ1n) is 7.39. The van der Waals surface area contributed by atoms with E-state index in [1.54, 1.807) is 17.0 Å². The maximum atomic E-state index is 12.0. The summed E-state index contributed by atoms with van der Waals surface area (Å²) in [4.78, 5) is 24.7. The molecule has 6 heteroatoms. The van der Waals surface area contributed by atoms with E-state index < -0.39 is 11.5 Å². The minimum absolute atomic E-state index is 0.173. The van der Waals surface area contributed by atoms with Gasteiger partial charge in [0.2, 0.25) is 5.91 Å². The molecule has 0 aromatic heterocycles. The van der Waals surface area contributed by atoms with E-state index in [9.17, 15) is 9.59 Å². The zero-order valence-electron chi connectivity index (χ0n) is 13.3. The van der Waals surface area contributed by atoms with Crippen LogP contribution < -0.4 is 11.1 Å². The molecule has 0 radical (unpaired) electrons. The molecule has 6 nitrogen and oxygen atoms in total. The highest BCUT2D eigenvalue weighted by Gasteiger charge is 2.29. The van der Waals surface area contributed by atoms with Crippen LogP contribution in [0.15, 0.2) is 24.3 Å². The van der Waals surface area contributed by atoms with Crippen LogP contribution in [0.2, 0.25) is 0 Å². The van der Waals surface area contributed by atoms with Crippen LogP contribution in [-0.4, -0.2) is 41.6 Å². The van der Waals surface area contributed by atoms with E-state index in [0.29, 0.717) is 18.7 Å². The molecule has 0 saturated carbocycles. The average Bonchev–Trinajstić information content (AvgIpc) is 2.86. The largest absolute Gasteiger partial charge is 0.444 e. The SMILES string of the molecule is CC(C)(C)OC(=O)N1CCC(Nc2ccc(C(N)=O)cc2)C1. The Morgan fingerprint density at radius 1 is 1.27 bits per heavy atom. The molecule has 1 heterocycles. The quantitative estimate of drug-likeness (QED) is 0.896. The van der Waals surface area contributed by atoms with Gasteiger partial charge in [0.1, 0.15) is 5.60 Å². The molecule has 2 amide bonds. The van der Waals surface area contributed by atoms with Crippen molar-refractivity contribution in [1.82, 2.24) is 4.90 Å². The second-order valence-electron chi connectivity index (χ2n) is 6.50. The Morgan fingerprint density at radius 2 is 1.91 bits per heavy atom. The van der Waals surface area contributed by atoms with Crippen molar-refractivity contribution in [3.05, 3.63) is 29.8 Å². The Labute approximate surface area is 130 Å². The van der Waals surface area contributed by atoms with Crippen LogP contribution in [0, 0.1) is 0 Å². The van der Waals surface area contributed by atoms with E-state index in [0.717, 1.165) is 12.1 Å². The van der Waals surface area contributed by atoms with Gasteiger partial charge in [-0.3, -0.25) is 4.79 Å². The molecule has 1 aromatic rings. The molecule has 1 aromatic carbocycles. The molecular formula is C16H23N3O3. The number of hydrogen-bond donors (Lipinski definition) is 2. The van der Waals surface area contributed by atoms with Crippen LogP contribution in [0.4, 0.5) is 10.5 Å². The third kappa shape index (κ3) is 4.38. The molecule has 1 aliphatic heterocycles. The van der Waals surface area contributed by atoms with Crippen molar-refractivity contribution in [3.63, 3.8) is 0 Å². The normalized spacial score (nSPS) is 18.1. The molecule has 0 aliphatic carbocycles. The molecule has 22 heavy (non-hydrogen) atoms. The molecule has 120 valence electrons. The van der Waals surface area contributed by atoms with Gasteiger partial charge in [0, 0.05) is 30.4 Å². The fourth-order valence-electron chi connectivity index (χ4n) is 2.34. The Kier molecular flexibility index (Phi) is 4.59. The van der Waals surface area contributed by atoms with E-state index in [2.05, 4.69) is 5.32 Å². The summed E-state index contributed by atoms with van der Waals surface area (Å²) in [6, 6.07) is 7.18. The maximum Gasteiger partial charge on any atom is 0.410 e. The van der Waals surface area contributed by atoms with Gasteiger partial charge >= 0.3 is 6.09 Å². The number of primary amides is 1. The van der Waals surface area contributed by atoms with Gasteiger partial charge in [-0.05, 0) is 51.5 Å². The number of ether oxygens (including phenoxy) is 1. The summed E-state index contributed by atoms with van der Waals surface area (Å²) >= 11 is 0. The standard InChI is InChI=1S/C16H23N3O3/c1-16(2,3)22-15(21)19-9-8-13(10-19)18-12-6-4-11(5-7-12)14(17)20/h4-7,13,18H,8-10H2,1-3H3,(H2,17,20). The second kappa shape index (κ2) is 6.25. The third-order valence-electron chi connectivity index (χ3n) is 3.38. The number of benzene rings is 1. The van der Waals surface area contributed by atoms with E-state index in [1.165, 1.54) is 0 Å². The number of carbonyl (C=O) groups is 2. The van der Waals surface area contributed by atoms with Gasteiger partial charge in [0.05, 0.1) is 0 Å². The minimum Gasteiger partial charge on any atom is -0.444 e. The molecule has 0 bridgehead atoms. The number of amides is 2. The predicted octanol–water partition coefficient (Wildman–Crippen LogP) is 2.21. The molecule has 1 unspecified atom stereocenters. The molecule has 3 N–H and O–H groups in total. The predicted molar refractivity (Wildman–Crippen MR) is 84.8 cm³/mol. The highest BCUT2D eigenvalue weighted by atomic mass is 16.6. The zero-order valence-corrected chi connectivity index (χ0v) is 13.3. The van der Waals surface area contributed by atoms with Crippen molar-refractivity contribution in [2.45, 2.75) is 38.8 Å². The summed E-state index contributed by atoms with van der Waals surface area (Å²) in [6.45, 7) is 6.85. The van der Waals surface area contributed by atoms with Gasteiger partial charge < -0.3 is 20.7 Å². The summed E-state index contributed by atoms with van der Waals surface area (Å²) in [6.07, 6.45) is 0.581. The van der Waals surface area contributed by atoms with E-state index in [1.807, 2.05) is 32.9 Å². The summed E-state index contributed by atoms with van der Waals surface area (Å²) in [7, 11) is 0. The van der Waals surface area contributed by atoms with E-state index >= 15 is 0 Å². The van der Waals surface area contributed by atoms with Crippen molar-refractivity contribution in [3.8, 4) is 0 Å². The van der Waals surface area contributed by atoms with Crippen molar-refractivity contribution < 1.29 is 14.3 Å². The summed E-state index contributed by atoms with van der Waals surface area (Å²) in [5.74, 6) is -0.441. The molecule has 1 saturated heterocycles. The van der Waals surface area contributed by atoms with Gasteiger partial charge in [-0.1, -0.05) is 0 Å². The second-order valence-corrected chi connectivity index (χ2v) is 6.50. The van der Waals surface area contributed by atoms with E-state index in [4.69, 9.17) is 10.5 Å². The summed E-state index contributed by atoms with van der Waals surface area (Å²) in [5, 5.41) is 3.35. The Bertz CT molecular complexity index is 549. The van der Waals surface area contributed by atoms with Gasteiger partial charge in [0.15, 0.2) is 0 Å². The van der Waals surface area contributed by atoms with Crippen LogP contribution >= 0.6 is 0 Å². The lowest BCUT2D eigenvalue weighted by Crippen LogP contribution is -2.36. The van der Waals surface area contributed by atoms with Gasteiger partial charge in [-0.25, -0.2) is 4.79 Å². The molecule has 1 aliphatic rings.